The standard InChI is InChI=1S/C19H16F3N5O2S/c1-18(2)16(28)27(11-3-5-12(6-4-11)30-19(20,21)22)17(29)26(18)9-14-13-7-8-23-15(13)25-10-24-14/h3-8,10H,9H2,1-2H3,(H,23,24,25). The van der Waals surface area contributed by atoms with E-state index in [1.54, 1.807) is 26.1 Å². The van der Waals surface area contributed by atoms with Crippen LogP contribution in [0.25, 0.3) is 11.0 Å². The Kier molecular flexibility index (Phi) is 4.72. The van der Waals surface area contributed by atoms with Crippen LogP contribution < -0.4 is 4.90 Å². The molecule has 1 fully saturated rings. The number of thioether (sulfide) groups is 1. The van der Waals surface area contributed by atoms with E-state index in [4.69, 9.17) is 0 Å². The molecule has 1 aromatic carbocycles. The van der Waals surface area contributed by atoms with Crippen molar-refractivity contribution in [1.29, 1.82) is 0 Å². The first kappa shape index (κ1) is 20.2. The molecule has 1 saturated heterocycles. The Morgan fingerprint density at radius 3 is 2.47 bits per heavy atom. The molecular weight excluding hydrogens is 419 g/mol. The molecule has 3 aromatic rings. The van der Waals surface area contributed by atoms with Crippen molar-refractivity contribution in [3.05, 3.63) is 48.5 Å². The van der Waals surface area contributed by atoms with Crippen LogP contribution >= 0.6 is 11.8 Å². The number of fused-ring (bicyclic) bond motifs is 1. The summed E-state index contributed by atoms with van der Waals surface area (Å²) in [5.41, 5.74) is -4.17. The maximum Gasteiger partial charge on any atom is 0.446 e. The van der Waals surface area contributed by atoms with Crippen LogP contribution in [0.1, 0.15) is 19.5 Å². The minimum atomic E-state index is -4.42. The molecule has 0 aliphatic carbocycles. The molecule has 0 spiro atoms. The number of nitrogens with zero attached hydrogens (tertiary/aromatic N) is 4. The van der Waals surface area contributed by atoms with E-state index < -0.39 is 23.0 Å². The van der Waals surface area contributed by atoms with Crippen LogP contribution in [0, 0.1) is 0 Å². The van der Waals surface area contributed by atoms with Gasteiger partial charge in [0.2, 0.25) is 0 Å². The van der Waals surface area contributed by atoms with E-state index in [1.807, 2.05) is 0 Å². The van der Waals surface area contributed by atoms with Gasteiger partial charge >= 0.3 is 11.5 Å². The maximum absolute atomic E-state index is 13.1. The van der Waals surface area contributed by atoms with E-state index >= 15 is 0 Å². The number of carbonyl (C=O) groups is 2. The van der Waals surface area contributed by atoms with Crippen LogP contribution in [0.15, 0.2) is 47.8 Å². The molecule has 7 nitrogen and oxygen atoms in total. The fourth-order valence-electron chi connectivity index (χ4n) is 3.33. The fraction of sp³-hybridized carbons (Fsp3) is 0.263. The van der Waals surface area contributed by atoms with Gasteiger partial charge in [-0.3, -0.25) is 4.79 Å². The predicted molar refractivity (Wildman–Crippen MR) is 105 cm³/mol. The highest BCUT2D eigenvalue weighted by atomic mass is 32.2. The summed E-state index contributed by atoms with van der Waals surface area (Å²) in [6.45, 7) is 3.32. The minimum Gasteiger partial charge on any atom is -0.346 e. The van der Waals surface area contributed by atoms with E-state index in [9.17, 15) is 22.8 Å². The number of hydrogen-bond acceptors (Lipinski definition) is 5. The average molecular weight is 435 g/mol. The van der Waals surface area contributed by atoms with Crippen LogP contribution in [0.4, 0.5) is 23.7 Å². The smallest absolute Gasteiger partial charge is 0.346 e. The van der Waals surface area contributed by atoms with Gasteiger partial charge in [-0.25, -0.2) is 19.7 Å². The molecule has 1 aliphatic rings. The van der Waals surface area contributed by atoms with E-state index in [-0.39, 0.29) is 28.9 Å². The van der Waals surface area contributed by atoms with Gasteiger partial charge in [-0.2, -0.15) is 13.2 Å². The van der Waals surface area contributed by atoms with Gasteiger partial charge in [0.05, 0.1) is 17.9 Å². The first-order valence-electron chi connectivity index (χ1n) is 8.87. The van der Waals surface area contributed by atoms with Gasteiger partial charge in [0.1, 0.15) is 17.5 Å². The van der Waals surface area contributed by atoms with Crippen molar-refractivity contribution in [3.8, 4) is 0 Å². The monoisotopic (exact) mass is 435 g/mol. The van der Waals surface area contributed by atoms with Crippen LogP contribution in [-0.2, 0) is 11.3 Å². The molecule has 0 bridgehead atoms. The molecule has 3 heterocycles. The van der Waals surface area contributed by atoms with Crippen molar-refractivity contribution in [2.45, 2.75) is 36.3 Å². The zero-order chi connectivity index (χ0) is 21.7. The Balaban J connectivity index is 1.63. The van der Waals surface area contributed by atoms with E-state index in [0.29, 0.717) is 11.3 Å². The molecule has 0 unspecified atom stereocenters. The van der Waals surface area contributed by atoms with Crippen molar-refractivity contribution in [2.75, 3.05) is 4.90 Å². The van der Waals surface area contributed by atoms with Gasteiger partial charge in [0.25, 0.3) is 5.91 Å². The normalized spacial score (nSPS) is 16.7. The van der Waals surface area contributed by atoms with Crippen molar-refractivity contribution >= 4 is 40.4 Å². The zero-order valence-corrected chi connectivity index (χ0v) is 16.7. The number of hydrogen-bond donors (Lipinski definition) is 1. The molecule has 30 heavy (non-hydrogen) atoms. The number of carbonyl (C=O) groups excluding carboxylic acids is 2. The number of benzene rings is 1. The van der Waals surface area contributed by atoms with E-state index in [0.717, 1.165) is 10.3 Å². The van der Waals surface area contributed by atoms with Crippen LogP contribution in [0.5, 0.6) is 0 Å². The minimum absolute atomic E-state index is 0.0303. The number of halogens is 3. The topological polar surface area (TPSA) is 82.2 Å². The second-order valence-electron chi connectivity index (χ2n) is 7.17. The third-order valence-electron chi connectivity index (χ3n) is 4.90. The predicted octanol–water partition coefficient (Wildman–Crippen LogP) is 4.32. The van der Waals surface area contributed by atoms with E-state index in [2.05, 4.69) is 15.0 Å². The lowest BCUT2D eigenvalue weighted by molar-refractivity contribution is -0.123. The quantitative estimate of drug-likeness (QED) is 0.488. The summed E-state index contributed by atoms with van der Waals surface area (Å²) in [6, 6.07) is 6.35. The Morgan fingerprint density at radius 1 is 1.10 bits per heavy atom. The van der Waals surface area contributed by atoms with Crippen LogP contribution in [0.3, 0.4) is 0 Å². The Hall–Kier alpha value is -3.08. The molecule has 11 heteroatoms. The summed E-state index contributed by atoms with van der Waals surface area (Å²) in [6.07, 6.45) is 3.08. The lowest BCUT2D eigenvalue weighted by Crippen LogP contribution is -2.43. The summed E-state index contributed by atoms with van der Waals surface area (Å²) < 4.78 is 37.6. The molecule has 1 N–H and O–H groups in total. The zero-order valence-electron chi connectivity index (χ0n) is 15.9. The fourth-order valence-corrected chi connectivity index (χ4v) is 3.87. The second-order valence-corrected chi connectivity index (χ2v) is 8.31. The largest absolute Gasteiger partial charge is 0.446 e. The second kappa shape index (κ2) is 7.01. The molecule has 2 aromatic heterocycles. The number of anilines is 1. The van der Waals surface area contributed by atoms with Gasteiger partial charge in [-0.1, -0.05) is 0 Å². The first-order chi connectivity index (χ1) is 14.1. The SMILES string of the molecule is CC1(C)C(=O)N(c2ccc(SC(F)(F)F)cc2)C(=O)N1Cc1ncnc2[nH]ccc12. The number of nitrogens with one attached hydrogen (secondary N) is 1. The number of imide groups is 1. The Morgan fingerprint density at radius 2 is 1.80 bits per heavy atom. The van der Waals surface area contributed by atoms with Gasteiger partial charge in [-0.15, -0.1) is 0 Å². The van der Waals surface area contributed by atoms with Crippen molar-refractivity contribution in [2.24, 2.45) is 0 Å². The van der Waals surface area contributed by atoms with Gasteiger partial charge in [0.15, 0.2) is 0 Å². The van der Waals surface area contributed by atoms with Crippen molar-refractivity contribution in [1.82, 2.24) is 19.9 Å². The van der Waals surface area contributed by atoms with Gasteiger partial charge in [0, 0.05) is 16.5 Å². The summed E-state index contributed by atoms with van der Waals surface area (Å²) in [5.74, 6) is -0.469. The van der Waals surface area contributed by atoms with Crippen molar-refractivity contribution in [3.63, 3.8) is 0 Å². The molecule has 156 valence electrons. The van der Waals surface area contributed by atoms with E-state index in [1.165, 1.54) is 35.5 Å². The van der Waals surface area contributed by atoms with Crippen LogP contribution in [-0.4, -0.2) is 42.8 Å². The third kappa shape index (κ3) is 3.49. The van der Waals surface area contributed by atoms with Gasteiger partial charge < -0.3 is 9.88 Å². The van der Waals surface area contributed by atoms with Crippen LogP contribution in [0.2, 0.25) is 0 Å². The summed E-state index contributed by atoms with van der Waals surface area (Å²) in [5, 5.41) is 0.737. The number of aromatic amines is 1. The lowest BCUT2D eigenvalue weighted by atomic mass is 10.0. The molecule has 4 rings (SSSR count). The number of rotatable bonds is 4. The molecule has 0 radical (unpaired) electrons. The van der Waals surface area contributed by atoms with Gasteiger partial charge in [-0.05, 0) is 55.9 Å². The number of H-pyrrole nitrogens is 1. The molecule has 3 amide bonds. The number of aromatic nitrogens is 3. The maximum atomic E-state index is 13.1. The lowest BCUT2D eigenvalue weighted by Gasteiger charge is -2.27. The third-order valence-corrected chi connectivity index (χ3v) is 5.64. The Labute approximate surface area is 173 Å². The highest BCUT2D eigenvalue weighted by Crippen LogP contribution is 2.39. The highest BCUT2D eigenvalue weighted by Gasteiger charge is 2.52. The number of amides is 3. The first-order valence-corrected chi connectivity index (χ1v) is 9.68. The average Bonchev–Trinajstić information content (AvgIpc) is 3.20. The number of urea groups is 1. The molecule has 1 aliphatic heterocycles. The number of alkyl halides is 3. The summed E-state index contributed by atoms with van der Waals surface area (Å²) in [4.78, 5) is 39.8. The van der Waals surface area contributed by atoms with Crippen molar-refractivity contribution < 1.29 is 22.8 Å². The highest BCUT2D eigenvalue weighted by molar-refractivity contribution is 8.00. The summed E-state index contributed by atoms with van der Waals surface area (Å²) in [7, 11) is 0. The molecule has 0 atom stereocenters. The molecular formula is C19H16F3N5O2S. The summed E-state index contributed by atoms with van der Waals surface area (Å²) >= 11 is -0.258. The Bertz CT molecular complexity index is 1130. The molecule has 0 saturated carbocycles.